The zero-order chi connectivity index (χ0) is 14.7. The van der Waals surface area contributed by atoms with Gasteiger partial charge in [-0.25, -0.2) is 4.79 Å². The number of nitrogens with two attached hydrogens (primary N) is 1. The second-order valence-corrected chi connectivity index (χ2v) is 4.03. The lowest BCUT2D eigenvalue weighted by Gasteiger charge is -2.12. The number of fused-ring (bicyclic) bond motifs is 1. The standard InChI is InChI=1S/C14H16N2O4/c1-4-20-14(17)9-7-16-10-5-8(18-2)6-11(19-3)12(10)13(9)15/h5-7H,4H2,1-3H3,(H2,15,16). The molecule has 6 nitrogen and oxygen atoms in total. The van der Waals surface area contributed by atoms with E-state index in [0.717, 1.165) is 0 Å². The smallest absolute Gasteiger partial charge is 0.341 e. The number of methoxy groups -OCH3 is 2. The van der Waals surface area contributed by atoms with Crippen LogP contribution in [-0.4, -0.2) is 31.8 Å². The van der Waals surface area contributed by atoms with Gasteiger partial charge in [0.05, 0.1) is 37.4 Å². The van der Waals surface area contributed by atoms with Crippen LogP contribution in [0.25, 0.3) is 10.9 Å². The first-order valence-electron chi connectivity index (χ1n) is 6.09. The van der Waals surface area contributed by atoms with Gasteiger partial charge < -0.3 is 19.9 Å². The molecule has 0 saturated heterocycles. The summed E-state index contributed by atoms with van der Waals surface area (Å²) in [5.41, 5.74) is 7.16. The van der Waals surface area contributed by atoms with E-state index in [-0.39, 0.29) is 17.9 Å². The summed E-state index contributed by atoms with van der Waals surface area (Å²) in [6, 6.07) is 3.42. The van der Waals surface area contributed by atoms with Crippen LogP contribution in [0.4, 0.5) is 5.69 Å². The summed E-state index contributed by atoms with van der Waals surface area (Å²) in [5.74, 6) is 0.595. The summed E-state index contributed by atoms with van der Waals surface area (Å²) in [6.45, 7) is 2.00. The van der Waals surface area contributed by atoms with Crippen LogP contribution in [-0.2, 0) is 4.74 Å². The molecule has 0 spiro atoms. The maximum absolute atomic E-state index is 11.8. The highest BCUT2D eigenvalue weighted by molar-refractivity contribution is 6.06. The first kappa shape index (κ1) is 13.9. The lowest BCUT2D eigenvalue weighted by Crippen LogP contribution is -2.09. The highest BCUT2D eigenvalue weighted by Crippen LogP contribution is 2.35. The summed E-state index contributed by atoms with van der Waals surface area (Å²) in [6.07, 6.45) is 1.40. The number of ether oxygens (including phenoxy) is 3. The summed E-state index contributed by atoms with van der Waals surface area (Å²) >= 11 is 0. The molecule has 6 heteroatoms. The second kappa shape index (κ2) is 5.64. The average Bonchev–Trinajstić information content (AvgIpc) is 2.46. The van der Waals surface area contributed by atoms with Gasteiger partial charge in [-0.3, -0.25) is 4.98 Å². The molecule has 0 fully saturated rings. The number of hydrogen-bond acceptors (Lipinski definition) is 6. The molecule has 1 heterocycles. The Kier molecular flexibility index (Phi) is 3.93. The van der Waals surface area contributed by atoms with Crippen molar-refractivity contribution in [1.29, 1.82) is 0 Å². The SMILES string of the molecule is CCOC(=O)c1cnc2cc(OC)cc(OC)c2c1N. The maximum atomic E-state index is 11.8. The zero-order valence-corrected chi connectivity index (χ0v) is 11.6. The Morgan fingerprint density at radius 1 is 1.30 bits per heavy atom. The number of benzene rings is 1. The van der Waals surface area contributed by atoms with Gasteiger partial charge in [0.25, 0.3) is 0 Å². The van der Waals surface area contributed by atoms with Gasteiger partial charge in [0.2, 0.25) is 0 Å². The number of esters is 1. The molecule has 0 radical (unpaired) electrons. The molecule has 1 aromatic heterocycles. The van der Waals surface area contributed by atoms with Gasteiger partial charge in [0, 0.05) is 18.3 Å². The monoisotopic (exact) mass is 276 g/mol. The molecule has 0 aliphatic heterocycles. The molecule has 0 unspecified atom stereocenters. The fraction of sp³-hybridized carbons (Fsp3) is 0.286. The Hall–Kier alpha value is -2.50. The van der Waals surface area contributed by atoms with Crippen molar-refractivity contribution in [3.8, 4) is 11.5 Å². The summed E-state index contributed by atoms with van der Waals surface area (Å²) < 4.78 is 15.4. The van der Waals surface area contributed by atoms with E-state index in [4.69, 9.17) is 19.9 Å². The van der Waals surface area contributed by atoms with Gasteiger partial charge in [-0.2, -0.15) is 0 Å². The van der Waals surface area contributed by atoms with Crippen LogP contribution in [0.3, 0.4) is 0 Å². The Morgan fingerprint density at radius 3 is 2.65 bits per heavy atom. The lowest BCUT2D eigenvalue weighted by molar-refractivity contribution is 0.0527. The topological polar surface area (TPSA) is 83.7 Å². The van der Waals surface area contributed by atoms with Gasteiger partial charge in [-0.15, -0.1) is 0 Å². The van der Waals surface area contributed by atoms with Gasteiger partial charge >= 0.3 is 5.97 Å². The summed E-state index contributed by atoms with van der Waals surface area (Å²) in [5, 5.41) is 0.568. The first-order chi connectivity index (χ1) is 9.62. The first-order valence-corrected chi connectivity index (χ1v) is 6.09. The Morgan fingerprint density at radius 2 is 2.05 bits per heavy atom. The van der Waals surface area contributed by atoms with E-state index in [1.807, 2.05) is 0 Å². The Balaban J connectivity index is 2.68. The third-order valence-corrected chi connectivity index (χ3v) is 2.90. The number of nitrogen functional groups attached to an aromatic ring is 1. The van der Waals surface area contributed by atoms with Crippen LogP contribution < -0.4 is 15.2 Å². The molecule has 20 heavy (non-hydrogen) atoms. The molecule has 0 aliphatic rings. The van der Waals surface area contributed by atoms with Crippen molar-refractivity contribution in [2.24, 2.45) is 0 Å². The molecule has 0 amide bonds. The molecule has 0 atom stereocenters. The molecule has 2 aromatic rings. The molecular formula is C14H16N2O4. The molecule has 2 rings (SSSR count). The number of nitrogens with zero attached hydrogens (tertiary/aromatic N) is 1. The summed E-state index contributed by atoms with van der Waals surface area (Å²) in [4.78, 5) is 16.0. The number of aromatic nitrogens is 1. The van der Waals surface area contributed by atoms with Crippen LogP contribution in [0.2, 0.25) is 0 Å². The van der Waals surface area contributed by atoms with Crippen LogP contribution in [0.5, 0.6) is 11.5 Å². The van der Waals surface area contributed by atoms with Crippen molar-refractivity contribution in [2.75, 3.05) is 26.6 Å². The van der Waals surface area contributed by atoms with E-state index in [9.17, 15) is 4.79 Å². The third kappa shape index (κ3) is 2.32. The van der Waals surface area contributed by atoms with E-state index in [1.165, 1.54) is 13.3 Å². The second-order valence-electron chi connectivity index (χ2n) is 4.03. The van der Waals surface area contributed by atoms with Crippen molar-refractivity contribution in [3.63, 3.8) is 0 Å². The van der Waals surface area contributed by atoms with E-state index in [0.29, 0.717) is 22.4 Å². The number of anilines is 1. The normalized spacial score (nSPS) is 10.3. The van der Waals surface area contributed by atoms with E-state index >= 15 is 0 Å². The number of hydrogen-bond donors (Lipinski definition) is 1. The van der Waals surface area contributed by atoms with Crippen molar-refractivity contribution in [1.82, 2.24) is 4.98 Å². The molecule has 106 valence electrons. The predicted molar refractivity (Wildman–Crippen MR) is 75.2 cm³/mol. The molecule has 1 aromatic carbocycles. The molecular weight excluding hydrogens is 260 g/mol. The van der Waals surface area contributed by atoms with Gasteiger partial charge in [0.1, 0.15) is 17.1 Å². The Bertz CT molecular complexity index is 655. The number of pyridine rings is 1. The van der Waals surface area contributed by atoms with Crippen LogP contribution >= 0.6 is 0 Å². The fourth-order valence-electron chi connectivity index (χ4n) is 1.94. The maximum Gasteiger partial charge on any atom is 0.341 e. The molecule has 0 bridgehead atoms. The highest BCUT2D eigenvalue weighted by atomic mass is 16.5. The third-order valence-electron chi connectivity index (χ3n) is 2.90. The minimum Gasteiger partial charge on any atom is -0.497 e. The minimum absolute atomic E-state index is 0.225. The van der Waals surface area contributed by atoms with Crippen LogP contribution in [0, 0.1) is 0 Å². The largest absolute Gasteiger partial charge is 0.497 e. The number of carbonyl (C=O) groups is 1. The predicted octanol–water partition coefficient (Wildman–Crippen LogP) is 2.01. The van der Waals surface area contributed by atoms with Gasteiger partial charge in [-0.05, 0) is 6.92 Å². The zero-order valence-electron chi connectivity index (χ0n) is 11.6. The van der Waals surface area contributed by atoms with Crippen molar-refractivity contribution >= 4 is 22.6 Å². The van der Waals surface area contributed by atoms with Crippen molar-refractivity contribution < 1.29 is 19.0 Å². The lowest BCUT2D eigenvalue weighted by atomic mass is 10.1. The van der Waals surface area contributed by atoms with E-state index < -0.39 is 5.97 Å². The van der Waals surface area contributed by atoms with Crippen molar-refractivity contribution in [3.05, 3.63) is 23.9 Å². The van der Waals surface area contributed by atoms with Gasteiger partial charge in [0.15, 0.2) is 0 Å². The Labute approximate surface area is 116 Å². The van der Waals surface area contributed by atoms with E-state index in [1.54, 1.807) is 26.2 Å². The van der Waals surface area contributed by atoms with Crippen LogP contribution in [0.15, 0.2) is 18.3 Å². The average molecular weight is 276 g/mol. The minimum atomic E-state index is -0.503. The number of carbonyl (C=O) groups excluding carboxylic acids is 1. The highest BCUT2D eigenvalue weighted by Gasteiger charge is 2.17. The van der Waals surface area contributed by atoms with Crippen LogP contribution in [0.1, 0.15) is 17.3 Å². The summed E-state index contributed by atoms with van der Waals surface area (Å²) in [7, 11) is 3.07. The quantitative estimate of drug-likeness (QED) is 0.860. The molecule has 0 aliphatic carbocycles. The van der Waals surface area contributed by atoms with E-state index in [2.05, 4.69) is 4.98 Å². The van der Waals surface area contributed by atoms with Crippen molar-refractivity contribution in [2.45, 2.75) is 6.92 Å². The molecule has 2 N–H and O–H groups in total. The number of rotatable bonds is 4. The van der Waals surface area contributed by atoms with Gasteiger partial charge in [-0.1, -0.05) is 0 Å². The fourth-order valence-corrected chi connectivity index (χ4v) is 1.94. The molecule has 0 saturated carbocycles.